The molecule has 1 fully saturated rings. The molecule has 0 spiro atoms. The number of aryl methyl sites for hydroxylation is 1. The first-order valence-corrected chi connectivity index (χ1v) is 11.4. The number of amides is 2. The van der Waals surface area contributed by atoms with Crippen LogP contribution < -0.4 is 5.32 Å². The fourth-order valence-electron chi connectivity index (χ4n) is 4.09. The van der Waals surface area contributed by atoms with Gasteiger partial charge in [0, 0.05) is 12.6 Å². The average Bonchev–Trinajstić information content (AvgIpc) is 2.77. The first-order chi connectivity index (χ1) is 14.9. The maximum absolute atomic E-state index is 13.6. The van der Waals surface area contributed by atoms with Crippen molar-refractivity contribution in [3.8, 4) is 0 Å². The van der Waals surface area contributed by atoms with Gasteiger partial charge in [-0.3, -0.25) is 9.59 Å². The van der Waals surface area contributed by atoms with Crippen molar-refractivity contribution in [1.29, 1.82) is 0 Å². The number of nitrogens with zero attached hydrogens (tertiary/aromatic N) is 1. The third kappa shape index (κ3) is 6.30. The Bertz CT molecular complexity index is 877. The molecule has 1 saturated carbocycles. The lowest BCUT2D eigenvalue weighted by Gasteiger charge is -2.34. The quantitative estimate of drug-likeness (QED) is 0.601. The standard InChI is InChI=1S/C25H30ClFN2O2/c1-17-3-7-19(8-4-17)16-29(23(30)15-26)24(20-9-11-21(27)12-10-20)25(31)28-22-13-5-18(2)6-14-22/h3-4,7-12,18,22,24H,5-6,13-16H2,1-2H3,(H,28,31)/t18?,22?,24-/m1/s1. The Morgan fingerprint density at radius 2 is 1.68 bits per heavy atom. The van der Waals surface area contributed by atoms with E-state index < -0.39 is 11.9 Å². The van der Waals surface area contributed by atoms with Crippen molar-refractivity contribution in [3.63, 3.8) is 0 Å². The summed E-state index contributed by atoms with van der Waals surface area (Å²) in [4.78, 5) is 27.8. The summed E-state index contributed by atoms with van der Waals surface area (Å²) >= 11 is 5.92. The molecule has 3 rings (SSSR count). The van der Waals surface area contributed by atoms with Crippen molar-refractivity contribution in [1.82, 2.24) is 10.2 Å². The van der Waals surface area contributed by atoms with Gasteiger partial charge in [-0.2, -0.15) is 0 Å². The van der Waals surface area contributed by atoms with Crippen molar-refractivity contribution < 1.29 is 14.0 Å². The summed E-state index contributed by atoms with van der Waals surface area (Å²) in [5, 5.41) is 3.14. The third-order valence-corrected chi connectivity index (χ3v) is 6.24. The Balaban J connectivity index is 1.90. The van der Waals surface area contributed by atoms with Crippen LogP contribution in [0.2, 0.25) is 0 Å². The molecule has 0 saturated heterocycles. The van der Waals surface area contributed by atoms with Gasteiger partial charge < -0.3 is 10.2 Å². The maximum atomic E-state index is 13.6. The molecule has 1 atom stereocenters. The number of carbonyl (C=O) groups is 2. The summed E-state index contributed by atoms with van der Waals surface area (Å²) in [6.45, 7) is 4.45. The Morgan fingerprint density at radius 1 is 1.06 bits per heavy atom. The molecule has 1 aliphatic rings. The molecule has 1 aliphatic carbocycles. The van der Waals surface area contributed by atoms with Gasteiger partial charge >= 0.3 is 0 Å². The molecular formula is C25H30ClFN2O2. The third-order valence-electron chi connectivity index (χ3n) is 6.02. The zero-order chi connectivity index (χ0) is 22.4. The van der Waals surface area contributed by atoms with Crippen LogP contribution in [-0.4, -0.2) is 28.6 Å². The van der Waals surface area contributed by atoms with Crippen molar-refractivity contribution in [3.05, 3.63) is 71.0 Å². The molecule has 2 aromatic carbocycles. The summed E-state index contributed by atoms with van der Waals surface area (Å²) in [6, 6.07) is 12.8. The molecule has 31 heavy (non-hydrogen) atoms. The molecular weight excluding hydrogens is 415 g/mol. The Labute approximate surface area is 188 Å². The fourth-order valence-corrected chi connectivity index (χ4v) is 4.25. The van der Waals surface area contributed by atoms with E-state index in [2.05, 4.69) is 12.2 Å². The molecule has 2 aromatic rings. The van der Waals surface area contributed by atoms with Gasteiger partial charge in [0.2, 0.25) is 11.8 Å². The molecule has 0 aromatic heterocycles. The molecule has 0 bridgehead atoms. The van der Waals surface area contributed by atoms with E-state index in [-0.39, 0.29) is 30.3 Å². The van der Waals surface area contributed by atoms with E-state index in [1.165, 1.54) is 17.0 Å². The fraction of sp³-hybridized carbons (Fsp3) is 0.440. The van der Waals surface area contributed by atoms with Gasteiger partial charge in [-0.15, -0.1) is 11.6 Å². The number of halogens is 2. The van der Waals surface area contributed by atoms with Gasteiger partial charge in [-0.25, -0.2) is 4.39 Å². The van der Waals surface area contributed by atoms with Gasteiger partial charge in [0.15, 0.2) is 0 Å². The largest absolute Gasteiger partial charge is 0.351 e. The lowest BCUT2D eigenvalue weighted by Crippen LogP contribution is -2.47. The van der Waals surface area contributed by atoms with E-state index in [1.807, 2.05) is 31.2 Å². The summed E-state index contributed by atoms with van der Waals surface area (Å²) in [7, 11) is 0. The molecule has 0 aliphatic heterocycles. The lowest BCUT2D eigenvalue weighted by molar-refractivity contribution is -0.140. The second-order valence-electron chi connectivity index (χ2n) is 8.56. The second kappa shape index (κ2) is 10.8. The topological polar surface area (TPSA) is 49.4 Å². The van der Waals surface area contributed by atoms with E-state index >= 15 is 0 Å². The van der Waals surface area contributed by atoms with Crippen LogP contribution in [0.5, 0.6) is 0 Å². The zero-order valence-electron chi connectivity index (χ0n) is 18.1. The smallest absolute Gasteiger partial charge is 0.247 e. The van der Waals surface area contributed by atoms with Crippen molar-refractivity contribution in [2.45, 2.75) is 58.2 Å². The van der Waals surface area contributed by atoms with E-state index in [1.54, 1.807) is 12.1 Å². The van der Waals surface area contributed by atoms with Gasteiger partial charge in [-0.05, 0) is 61.8 Å². The number of benzene rings is 2. The summed E-state index contributed by atoms with van der Waals surface area (Å²) in [5.74, 6) is -0.562. The molecule has 1 N–H and O–H groups in total. The first kappa shape index (κ1) is 23.3. The van der Waals surface area contributed by atoms with Crippen LogP contribution >= 0.6 is 11.6 Å². The second-order valence-corrected chi connectivity index (χ2v) is 8.83. The molecule has 0 heterocycles. The van der Waals surface area contributed by atoms with Crippen LogP contribution in [0.25, 0.3) is 0 Å². The minimum Gasteiger partial charge on any atom is -0.351 e. The van der Waals surface area contributed by atoms with Gasteiger partial charge in [-0.1, -0.05) is 48.9 Å². The Kier molecular flexibility index (Phi) is 8.08. The van der Waals surface area contributed by atoms with Crippen LogP contribution in [0.15, 0.2) is 48.5 Å². The van der Waals surface area contributed by atoms with Crippen LogP contribution in [0.3, 0.4) is 0 Å². The average molecular weight is 445 g/mol. The normalized spacial score (nSPS) is 19.5. The molecule has 6 heteroatoms. The molecule has 0 unspecified atom stereocenters. The Morgan fingerprint density at radius 3 is 2.26 bits per heavy atom. The van der Waals surface area contributed by atoms with Crippen LogP contribution in [-0.2, 0) is 16.1 Å². The van der Waals surface area contributed by atoms with Gasteiger partial charge in [0.25, 0.3) is 0 Å². The molecule has 166 valence electrons. The van der Waals surface area contributed by atoms with Crippen LogP contribution in [0.4, 0.5) is 4.39 Å². The maximum Gasteiger partial charge on any atom is 0.247 e. The zero-order valence-corrected chi connectivity index (χ0v) is 18.9. The number of alkyl halides is 1. The highest BCUT2D eigenvalue weighted by Gasteiger charge is 2.33. The van der Waals surface area contributed by atoms with Crippen molar-refractivity contribution >= 4 is 23.4 Å². The summed E-state index contributed by atoms with van der Waals surface area (Å²) < 4.78 is 13.6. The predicted octanol–water partition coefficient (Wildman–Crippen LogP) is 5.14. The molecule has 0 radical (unpaired) electrons. The minimum atomic E-state index is -0.882. The van der Waals surface area contributed by atoms with Crippen LogP contribution in [0.1, 0.15) is 55.3 Å². The van der Waals surface area contributed by atoms with E-state index in [4.69, 9.17) is 11.6 Å². The van der Waals surface area contributed by atoms with Crippen molar-refractivity contribution in [2.75, 3.05) is 5.88 Å². The molecule has 4 nitrogen and oxygen atoms in total. The monoisotopic (exact) mass is 444 g/mol. The number of hydrogen-bond donors (Lipinski definition) is 1. The highest BCUT2D eigenvalue weighted by molar-refractivity contribution is 6.27. The number of hydrogen-bond acceptors (Lipinski definition) is 2. The van der Waals surface area contributed by atoms with Gasteiger partial charge in [0.1, 0.15) is 17.7 Å². The van der Waals surface area contributed by atoms with E-state index in [9.17, 15) is 14.0 Å². The number of nitrogens with one attached hydrogen (secondary N) is 1. The highest BCUT2D eigenvalue weighted by atomic mass is 35.5. The SMILES string of the molecule is Cc1ccc(CN(C(=O)CCl)[C@@H](C(=O)NC2CCC(C)CC2)c2ccc(F)cc2)cc1. The van der Waals surface area contributed by atoms with E-state index in [0.29, 0.717) is 11.5 Å². The molecule has 2 amide bonds. The summed E-state index contributed by atoms with van der Waals surface area (Å²) in [6.07, 6.45) is 3.98. The lowest BCUT2D eigenvalue weighted by atomic mass is 9.87. The van der Waals surface area contributed by atoms with Crippen molar-refractivity contribution in [2.24, 2.45) is 5.92 Å². The summed E-state index contributed by atoms with van der Waals surface area (Å²) in [5.41, 5.74) is 2.57. The number of carbonyl (C=O) groups excluding carboxylic acids is 2. The number of rotatable bonds is 7. The highest BCUT2D eigenvalue weighted by Crippen LogP contribution is 2.28. The van der Waals surface area contributed by atoms with Crippen LogP contribution in [0, 0.1) is 18.7 Å². The minimum absolute atomic E-state index is 0.0824. The van der Waals surface area contributed by atoms with Gasteiger partial charge in [0.05, 0.1) is 0 Å². The Hall–Kier alpha value is -2.40. The first-order valence-electron chi connectivity index (χ1n) is 10.8. The van der Waals surface area contributed by atoms with E-state index in [0.717, 1.165) is 36.8 Å². The predicted molar refractivity (Wildman–Crippen MR) is 121 cm³/mol.